The third-order valence-electron chi connectivity index (χ3n) is 17.6. The van der Waals surface area contributed by atoms with Gasteiger partial charge in [-0.15, -0.1) is 56.7 Å². The zero-order valence-corrected chi connectivity index (χ0v) is 66.7. The molecule has 10 rings (SSSR count). The molecule has 3 aliphatic heterocycles. The molecule has 504 valence electrons. The van der Waals surface area contributed by atoms with Crippen LogP contribution in [0.5, 0.6) is 0 Å². The molecule has 2 atom stereocenters. The van der Waals surface area contributed by atoms with E-state index in [0.29, 0.717) is 47.1 Å². The first-order valence-corrected chi connectivity index (χ1v) is 43.1. The SMILES string of the molecule is Brc1ccc(-c2sc(-c3ccc(Br)s3)c3c2N=S=N3)s1.CCCCCCCCCCC(CCCCCCCC)CN1C(=O)C=CC1=O.CCCCCCCCCCC(CCCCCCCC)CN1C(=O)c2c(c(-c3ccc(Br)s3)c3nsnc3c2-c2ccc(Br)s2)C1=O. The molecular formula is C72H92Br4N6O4S7. The molecule has 0 fully saturated rings. The summed E-state index contributed by atoms with van der Waals surface area (Å²) in [5, 5.41) is 0. The summed E-state index contributed by atoms with van der Waals surface area (Å²) in [5.74, 6) is 0.172. The first kappa shape index (κ1) is 76.1. The van der Waals surface area contributed by atoms with Gasteiger partial charge in [0, 0.05) is 55.9 Å². The van der Waals surface area contributed by atoms with Crippen LogP contribution in [0, 0.1) is 11.8 Å². The highest BCUT2D eigenvalue weighted by Crippen LogP contribution is 2.56. The highest BCUT2D eigenvalue weighted by Gasteiger charge is 2.44. The summed E-state index contributed by atoms with van der Waals surface area (Å²) in [6.07, 6.45) is 43.4. The van der Waals surface area contributed by atoms with Crippen molar-refractivity contribution in [2.45, 2.75) is 233 Å². The molecule has 0 bridgehead atoms. The van der Waals surface area contributed by atoms with Crippen LogP contribution < -0.4 is 0 Å². The number of unbranched alkanes of at least 4 members (excludes halogenated alkanes) is 24. The van der Waals surface area contributed by atoms with Gasteiger partial charge in [0.2, 0.25) is 0 Å². The van der Waals surface area contributed by atoms with Gasteiger partial charge in [0.25, 0.3) is 23.6 Å². The summed E-state index contributed by atoms with van der Waals surface area (Å²) in [7, 11) is 0. The fraction of sp³-hybridized carbons (Fsp3) is 0.556. The van der Waals surface area contributed by atoms with E-state index in [1.165, 1.54) is 215 Å². The van der Waals surface area contributed by atoms with Gasteiger partial charge in [0.1, 0.15) is 22.4 Å². The molecule has 0 aliphatic carbocycles. The van der Waals surface area contributed by atoms with Crippen LogP contribution in [-0.2, 0) is 20.9 Å². The van der Waals surface area contributed by atoms with Crippen LogP contribution in [0.1, 0.15) is 254 Å². The Balaban J connectivity index is 0.000000199. The minimum atomic E-state index is -0.185. The summed E-state index contributed by atoms with van der Waals surface area (Å²) >= 11 is 25.0. The lowest BCUT2D eigenvalue weighted by atomic mass is 9.93. The van der Waals surface area contributed by atoms with E-state index in [-0.39, 0.29) is 23.6 Å². The van der Waals surface area contributed by atoms with Gasteiger partial charge in [-0.25, -0.2) is 0 Å². The van der Waals surface area contributed by atoms with Gasteiger partial charge >= 0.3 is 0 Å². The molecule has 10 nitrogen and oxygen atoms in total. The lowest BCUT2D eigenvalue weighted by molar-refractivity contribution is -0.137. The maximum atomic E-state index is 14.5. The Kier molecular flexibility index (Phi) is 33.5. The lowest BCUT2D eigenvalue weighted by Crippen LogP contribution is -2.34. The van der Waals surface area contributed by atoms with Gasteiger partial charge in [0.15, 0.2) is 0 Å². The number of benzene rings is 1. The van der Waals surface area contributed by atoms with Gasteiger partial charge in [-0.3, -0.25) is 29.0 Å². The number of aromatic nitrogens is 2. The zero-order chi connectivity index (χ0) is 65.9. The molecule has 6 aromatic heterocycles. The molecule has 0 radical (unpaired) electrons. The monoisotopic (exact) mass is 1640 g/mol. The summed E-state index contributed by atoms with van der Waals surface area (Å²) in [4.78, 5) is 62.5. The van der Waals surface area contributed by atoms with Crippen molar-refractivity contribution < 1.29 is 19.2 Å². The van der Waals surface area contributed by atoms with E-state index in [4.69, 9.17) is 8.75 Å². The smallest absolute Gasteiger partial charge is 0.262 e. The van der Waals surface area contributed by atoms with Crippen molar-refractivity contribution in [2.75, 3.05) is 13.1 Å². The molecule has 4 amide bonds. The molecule has 9 heterocycles. The maximum absolute atomic E-state index is 14.5. The molecule has 2 unspecified atom stereocenters. The van der Waals surface area contributed by atoms with E-state index in [9.17, 15) is 19.2 Å². The number of amides is 4. The Morgan fingerprint density at radius 3 is 0.978 bits per heavy atom. The van der Waals surface area contributed by atoms with E-state index in [0.717, 1.165) is 97.7 Å². The second-order valence-corrected chi connectivity index (χ2v) is 36.7. The number of carbonyl (C=O) groups excluding carboxylic acids is 4. The van der Waals surface area contributed by atoms with Crippen molar-refractivity contribution in [3.05, 3.63) is 87.0 Å². The number of fused-ring (bicyclic) bond motifs is 3. The molecule has 7 aromatic rings. The van der Waals surface area contributed by atoms with Crippen molar-refractivity contribution in [2.24, 2.45) is 20.6 Å². The van der Waals surface area contributed by atoms with Gasteiger partial charge in [-0.1, -0.05) is 207 Å². The number of rotatable bonds is 40. The molecule has 0 saturated carbocycles. The highest BCUT2D eigenvalue weighted by molar-refractivity contribution is 9.11. The van der Waals surface area contributed by atoms with Crippen molar-refractivity contribution in [1.82, 2.24) is 18.5 Å². The molecule has 93 heavy (non-hydrogen) atoms. The van der Waals surface area contributed by atoms with Gasteiger partial charge < -0.3 is 0 Å². The number of hydrogen-bond acceptors (Lipinski definition) is 14. The Hall–Kier alpha value is -2.70. The predicted octanol–water partition coefficient (Wildman–Crippen LogP) is 27.4. The number of carbonyl (C=O) groups is 4. The van der Waals surface area contributed by atoms with E-state index < -0.39 is 0 Å². The van der Waals surface area contributed by atoms with E-state index in [1.54, 1.807) is 61.6 Å². The largest absolute Gasteiger partial charge is 0.275 e. The molecule has 1 aromatic carbocycles. The number of halogens is 4. The maximum Gasteiger partial charge on any atom is 0.262 e. The Morgan fingerprint density at radius 2 is 0.667 bits per heavy atom. The zero-order valence-electron chi connectivity index (χ0n) is 54.7. The van der Waals surface area contributed by atoms with Crippen LogP contribution >= 0.6 is 132 Å². The third-order valence-corrected chi connectivity index (χ3v) is 26.7. The topological polar surface area (TPSA) is 125 Å². The molecule has 3 aliphatic rings. The average molecular weight is 1650 g/mol. The van der Waals surface area contributed by atoms with Crippen LogP contribution in [0.15, 0.2) is 84.6 Å². The van der Waals surface area contributed by atoms with Gasteiger partial charge in [0.05, 0.1) is 59.1 Å². The molecular weight excluding hydrogens is 1560 g/mol. The number of imide groups is 2. The minimum absolute atomic E-state index is 0.121. The summed E-state index contributed by atoms with van der Waals surface area (Å²) < 4.78 is 22.6. The van der Waals surface area contributed by atoms with Gasteiger partial charge in [-0.05, 0) is 150 Å². The van der Waals surface area contributed by atoms with E-state index >= 15 is 0 Å². The Morgan fingerprint density at radius 1 is 0.366 bits per heavy atom. The fourth-order valence-corrected chi connectivity index (χ4v) is 20.9. The fourth-order valence-electron chi connectivity index (χ4n) is 12.6. The number of thiophene rings is 5. The van der Waals surface area contributed by atoms with Gasteiger partial charge in [-0.2, -0.15) is 17.5 Å². The van der Waals surface area contributed by atoms with E-state index in [2.05, 4.69) is 124 Å². The average Bonchev–Trinajstić information content (AvgIpc) is 1.58. The number of nitrogens with zero attached hydrogens (tertiary/aromatic N) is 6. The lowest BCUT2D eigenvalue weighted by Gasteiger charge is -2.23. The number of hydrogen-bond donors (Lipinski definition) is 0. The van der Waals surface area contributed by atoms with Crippen LogP contribution in [0.25, 0.3) is 51.4 Å². The summed E-state index contributed by atoms with van der Waals surface area (Å²) in [6, 6.07) is 16.4. The predicted molar refractivity (Wildman–Crippen MR) is 416 cm³/mol. The Labute approximate surface area is 615 Å². The first-order chi connectivity index (χ1) is 45.3. The molecule has 21 heteroatoms. The van der Waals surface area contributed by atoms with Crippen LogP contribution in [0.4, 0.5) is 11.4 Å². The second-order valence-electron chi connectivity index (χ2n) is 24.8. The molecule has 0 N–H and O–H groups in total. The van der Waals surface area contributed by atoms with Crippen molar-refractivity contribution in [3.8, 4) is 40.4 Å². The van der Waals surface area contributed by atoms with Crippen LogP contribution in [0.3, 0.4) is 0 Å². The quantitative estimate of drug-likeness (QED) is 0.0278. The molecule has 0 spiro atoms. The minimum Gasteiger partial charge on any atom is -0.275 e. The molecule has 0 saturated heterocycles. The third kappa shape index (κ3) is 22.4. The standard InChI is InChI=1S/C36H45Br2N3O2S3.C24H43NO2.C12H4Br2N2S4/c1-3-5-7-9-11-12-14-16-18-24(17-15-13-10-8-6-4-2)23-41-35(42)31-29(25-19-21-27(37)44-25)33-34(40-46-39-33)30(32(31)36(41)43)26-20-22-28(38)45-26;1-3-5-7-9-11-12-14-16-18-22(17-15-13-10-8-6-4-2)21-25-23(26)19-20-24(25)27;13-7-3-1-5(17-7)11-9-10(16-20-15-9)12(19-11)6-2-4-8(14)18-6/h19-22,24H,3-18,23H2,1-2H3;19-20,22H,3-18,21H2,1-2H3;1-4H. The normalized spacial score (nSPS) is 13.9. The second kappa shape index (κ2) is 41.0. The van der Waals surface area contributed by atoms with Crippen molar-refractivity contribution >= 4 is 190 Å². The Bertz CT molecular complexity index is 3430. The highest BCUT2D eigenvalue weighted by atomic mass is 79.9. The summed E-state index contributed by atoms with van der Waals surface area (Å²) in [6.45, 7) is 10.1. The van der Waals surface area contributed by atoms with Crippen LogP contribution in [-0.4, -0.2) is 55.3 Å². The summed E-state index contributed by atoms with van der Waals surface area (Å²) in [5.41, 5.74) is 5.90. The van der Waals surface area contributed by atoms with Crippen molar-refractivity contribution in [3.63, 3.8) is 0 Å². The first-order valence-electron chi connectivity index (χ1n) is 34.3. The van der Waals surface area contributed by atoms with Crippen LogP contribution in [0.2, 0.25) is 0 Å². The van der Waals surface area contributed by atoms with Crippen molar-refractivity contribution in [1.29, 1.82) is 0 Å². The van der Waals surface area contributed by atoms with E-state index in [1.807, 2.05) is 24.3 Å².